The van der Waals surface area contributed by atoms with Crippen LogP contribution in [0.4, 0.5) is 0 Å². The molecule has 1 saturated heterocycles. The van der Waals surface area contributed by atoms with Crippen molar-refractivity contribution in [2.45, 2.75) is 43.9 Å². The number of hydrogen-bond acceptors (Lipinski definition) is 5. The number of fused-ring (bicyclic) bond motifs is 1. The lowest BCUT2D eigenvalue weighted by molar-refractivity contribution is -0.156. The summed E-state index contributed by atoms with van der Waals surface area (Å²) < 4.78 is 0.526. The number of aliphatic hydroxyl groups excluding tert-OH is 1. The SMILES string of the molecule is C[C@@H](O)C1C(=O)N2C(C(=O)O)=C(SC(C)(C)C)S[C@@H]12. The Balaban J connectivity index is 2.29. The second-order valence-electron chi connectivity index (χ2n) is 5.64. The Morgan fingerprint density at radius 1 is 1.47 bits per heavy atom. The molecule has 2 N–H and O–H groups in total. The number of amides is 1. The lowest BCUT2D eigenvalue weighted by Gasteiger charge is -2.43. The number of carbonyl (C=O) groups excluding carboxylic acids is 1. The predicted molar refractivity (Wildman–Crippen MR) is 75.4 cm³/mol. The Kier molecular flexibility index (Phi) is 3.66. The van der Waals surface area contributed by atoms with Gasteiger partial charge in [0.05, 0.1) is 16.3 Å². The van der Waals surface area contributed by atoms with E-state index < -0.39 is 18.0 Å². The van der Waals surface area contributed by atoms with Crippen LogP contribution in [0.1, 0.15) is 27.7 Å². The van der Waals surface area contributed by atoms with Crippen molar-refractivity contribution in [2.75, 3.05) is 0 Å². The maximum Gasteiger partial charge on any atom is 0.354 e. The normalized spacial score (nSPS) is 28.3. The summed E-state index contributed by atoms with van der Waals surface area (Å²) in [6.45, 7) is 7.55. The van der Waals surface area contributed by atoms with E-state index in [0.717, 1.165) is 0 Å². The molecular weight excluding hydrogens is 286 g/mol. The molecule has 0 aromatic heterocycles. The molecule has 0 aromatic carbocycles. The molecule has 0 spiro atoms. The van der Waals surface area contributed by atoms with E-state index >= 15 is 0 Å². The zero-order chi connectivity index (χ0) is 14.5. The summed E-state index contributed by atoms with van der Waals surface area (Å²) in [6, 6.07) is 0. The molecule has 2 aliphatic heterocycles. The van der Waals surface area contributed by atoms with Crippen LogP contribution in [-0.2, 0) is 9.59 Å². The lowest BCUT2D eigenvalue weighted by Crippen LogP contribution is -2.60. The van der Waals surface area contributed by atoms with Crippen LogP contribution < -0.4 is 0 Å². The van der Waals surface area contributed by atoms with Crippen molar-refractivity contribution >= 4 is 35.4 Å². The van der Waals surface area contributed by atoms with Gasteiger partial charge in [0.2, 0.25) is 5.91 Å². The first-order chi connectivity index (χ1) is 8.63. The third-order valence-electron chi connectivity index (χ3n) is 2.87. The molecule has 5 nitrogen and oxygen atoms in total. The Labute approximate surface area is 120 Å². The number of carboxylic acids is 1. The Hall–Kier alpha value is -0.660. The first kappa shape index (κ1) is 14.7. The third-order valence-corrected chi connectivity index (χ3v) is 5.55. The molecule has 0 aromatic rings. The van der Waals surface area contributed by atoms with Crippen LogP contribution in [-0.4, -0.2) is 43.2 Å². The molecule has 2 rings (SSSR count). The first-order valence-corrected chi connectivity index (χ1v) is 7.67. The van der Waals surface area contributed by atoms with Crippen molar-refractivity contribution in [3.63, 3.8) is 0 Å². The van der Waals surface area contributed by atoms with Crippen LogP contribution >= 0.6 is 23.5 Å². The second-order valence-corrected chi connectivity index (χ2v) is 8.86. The van der Waals surface area contributed by atoms with Crippen LogP contribution in [0, 0.1) is 5.92 Å². The predicted octanol–water partition coefficient (Wildman–Crippen LogP) is 1.68. The fraction of sp³-hybridized carbons (Fsp3) is 0.667. The van der Waals surface area contributed by atoms with Crippen molar-refractivity contribution in [3.8, 4) is 0 Å². The van der Waals surface area contributed by atoms with Crippen LogP contribution in [0.2, 0.25) is 0 Å². The van der Waals surface area contributed by atoms with E-state index in [4.69, 9.17) is 0 Å². The van der Waals surface area contributed by atoms with E-state index in [-0.39, 0.29) is 21.7 Å². The molecule has 19 heavy (non-hydrogen) atoms. The molecule has 2 aliphatic rings. The zero-order valence-corrected chi connectivity index (χ0v) is 12.8. The lowest BCUT2D eigenvalue weighted by atomic mass is 9.92. The number of carbonyl (C=O) groups is 2. The maximum absolute atomic E-state index is 12.0. The number of aliphatic carboxylic acids is 1. The summed E-state index contributed by atoms with van der Waals surface area (Å²) in [5.41, 5.74) is 0.0665. The summed E-state index contributed by atoms with van der Waals surface area (Å²) in [6.07, 6.45) is -0.754. The fourth-order valence-corrected chi connectivity index (χ4v) is 5.50. The molecule has 3 atom stereocenters. The van der Waals surface area contributed by atoms with Crippen LogP contribution in [0.15, 0.2) is 9.93 Å². The van der Waals surface area contributed by atoms with Crippen molar-refractivity contribution in [3.05, 3.63) is 9.93 Å². The van der Waals surface area contributed by atoms with Crippen molar-refractivity contribution in [1.29, 1.82) is 0 Å². The smallest absolute Gasteiger partial charge is 0.354 e. The summed E-state index contributed by atoms with van der Waals surface area (Å²) in [5.74, 6) is -1.88. The van der Waals surface area contributed by atoms with Crippen molar-refractivity contribution < 1.29 is 19.8 Å². The molecule has 0 bridgehead atoms. The minimum atomic E-state index is -1.08. The zero-order valence-electron chi connectivity index (χ0n) is 11.2. The molecule has 0 saturated carbocycles. The van der Waals surface area contributed by atoms with Gasteiger partial charge < -0.3 is 10.2 Å². The van der Waals surface area contributed by atoms with Gasteiger partial charge in [-0.15, -0.1) is 11.8 Å². The van der Waals surface area contributed by atoms with E-state index in [1.807, 2.05) is 20.8 Å². The van der Waals surface area contributed by atoms with Gasteiger partial charge >= 0.3 is 5.97 Å². The standard InChI is InChI=1S/C12H17NO4S2/c1-5(14)6-8(15)13-7(10(16)17)11(18-9(6)13)19-12(2,3)4/h5-6,9,14H,1-4H3,(H,16,17)/t5-,6?,9+/m1/s1. The highest BCUT2D eigenvalue weighted by molar-refractivity contribution is 8.23. The largest absolute Gasteiger partial charge is 0.477 e. The number of carboxylic acid groups (broad SMARTS) is 1. The van der Waals surface area contributed by atoms with Crippen molar-refractivity contribution in [1.82, 2.24) is 4.90 Å². The van der Waals surface area contributed by atoms with Gasteiger partial charge in [-0.3, -0.25) is 9.69 Å². The van der Waals surface area contributed by atoms with Gasteiger partial charge in [0.15, 0.2) is 5.70 Å². The van der Waals surface area contributed by atoms with E-state index in [9.17, 15) is 19.8 Å². The molecule has 1 fully saturated rings. The highest BCUT2D eigenvalue weighted by atomic mass is 32.2. The van der Waals surface area contributed by atoms with Crippen molar-refractivity contribution in [2.24, 2.45) is 5.92 Å². The molecular formula is C12H17NO4S2. The average molecular weight is 303 g/mol. The maximum atomic E-state index is 12.0. The number of nitrogens with zero attached hydrogens (tertiary/aromatic N) is 1. The Bertz CT molecular complexity index is 467. The van der Waals surface area contributed by atoms with Gasteiger partial charge in [0, 0.05) is 4.75 Å². The highest BCUT2D eigenvalue weighted by Gasteiger charge is 2.58. The quantitative estimate of drug-likeness (QED) is 0.773. The molecule has 2 heterocycles. The Morgan fingerprint density at radius 3 is 2.47 bits per heavy atom. The monoisotopic (exact) mass is 303 g/mol. The minimum absolute atomic E-state index is 0.0665. The fourth-order valence-electron chi connectivity index (χ4n) is 2.10. The minimum Gasteiger partial charge on any atom is -0.477 e. The van der Waals surface area contributed by atoms with Gasteiger partial charge in [0.25, 0.3) is 0 Å². The first-order valence-electron chi connectivity index (χ1n) is 5.98. The Morgan fingerprint density at radius 2 is 2.05 bits per heavy atom. The summed E-state index contributed by atoms with van der Waals surface area (Å²) in [7, 11) is 0. The van der Waals surface area contributed by atoms with E-state index in [2.05, 4.69) is 0 Å². The van der Waals surface area contributed by atoms with Crippen LogP contribution in [0.25, 0.3) is 0 Å². The highest BCUT2D eigenvalue weighted by Crippen LogP contribution is 2.55. The number of rotatable bonds is 3. The van der Waals surface area contributed by atoms with Crippen LogP contribution in [0.3, 0.4) is 0 Å². The van der Waals surface area contributed by atoms with Gasteiger partial charge in [-0.25, -0.2) is 4.79 Å². The van der Waals surface area contributed by atoms with Crippen LogP contribution in [0.5, 0.6) is 0 Å². The van der Waals surface area contributed by atoms with E-state index in [0.29, 0.717) is 4.24 Å². The van der Waals surface area contributed by atoms with Gasteiger partial charge in [-0.1, -0.05) is 32.5 Å². The van der Waals surface area contributed by atoms with E-state index in [1.165, 1.54) is 28.4 Å². The molecule has 1 amide bonds. The summed E-state index contributed by atoms with van der Waals surface area (Å²) in [4.78, 5) is 24.6. The molecule has 0 radical (unpaired) electrons. The number of thioether (sulfide) groups is 2. The topological polar surface area (TPSA) is 77.8 Å². The van der Waals surface area contributed by atoms with Gasteiger partial charge in [-0.2, -0.15) is 0 Å². The van der Waals surface area contributed by atoms with Gasteiger partial charge in [-0.05, 0) is 6.92 Å². The summed E-state index contributed by atoms with van der Waals surface area (Å²) >= 11 is 2.82. The van der Waals surface area contributed by atoms with Gasteiger partial charge in [0.1, 0.15) is 5.37 Å². The van der Waals surface area contributed by atoms with E-state index in [1.54, 1.807) is 6.92 Å². The molecule has 1 unspecified atom stereocenters. The number of aliphatic hydroxyl groups is 1. The molecule has 7 heteroatoms. The molecule has 106 valence electrons. The number of β-lactam (4-membered cyclic amide) rings is 1. The average Bonchev–Trinajstić information content (AvgIpc) is 2.49. The summed E-state index contributed by atoms with van der Waals surface area (Å²) in [5, 5.41) is 18.6. The second kappa shape index (κ2) is 4.71. The third kappa shape index (κ3) is 2.51. The number of hydrogen-bond donors (Lipinski definition) is 2. The molecule has 0 aliphatic carbocycles.